The van der Waals surface area contributed by atoms with Gasteiger partial charge in [0.05, 0.1) is 22.8 Å². The maximum Gasteiger partial charge on any atom is 0.183 e. The Morgan fingerprint density at radius 1 is 1.04 bits per heavy atom. The fraction of sp³-hybridized carbons (Fsp3) is 0.235. The minimum absolute atomic E-state index is 0.0847. The Morgan fingerprint density at radius 2 is 1.54 bits per heavy atom. The Balaban J connectivity index is 2.06. The molecule has 2 aromatic rings. The highest BCUT2D eigenvalue weighted by molar-refractivity contribution is 7.92. The van der Waals surface area contributed by atoms with Gasteiger partial charge in [-0.1, -0.05) is 35.3 Å². The fourth-order valence-electron chi connectivity index (χ4n) is 3.13. The van der Waals surface area contributed by atoms with Gasteiger partial charge in [0.15, 0.2) is 9.84 Å². The van der Waals surface area contributed by atoms with Gasteiger partial charge in [0.2, 0.25) is 0 Å². The van der Waals surface area contributed by atoms with Crippen molar-refractivity contribution < 1.29 is 13.5 Å². The quantitative estimate of drug-likeness (QED) is 0.879. The Morgan fingerprint density at radius 3 is 2.00 bits per heavy atom. The zero-order chi connectivity index (χ0) is 17.5. The molecule has 1 saturated carbocycles. The van der Waals surface area contributed by atoms with Crippen molar-refractivity contribution in [2.75, 3.05) is 6.61 Å². The molecule has 0 bridgehead atoms. The smallest absolute Gasteiger partial charge is 0.183 e. The lowest BCUT2D eigenvalue weighted by atomic mass is 10.0. The van der Waals surface area contributed by atoms with Crippen LogP contribution in [-0.4, -0.2) is 25.4 Å². The topological polar surface area (TPSA) is 78.2 Å². The number of aliphatic hydroxyl groups is 1. The summed E-state index contributed by atoms with van der Waals surface area (Å²) in [6, 6.07) is 14.5. The molecule has 1 N–H and O–H groups in total. The van der Waals surface area contributed by atoms with Crippen molar-refractivity contribution in [2.45, 2.75) is 16.1 Å². The van der Waals surface area contributed by atoms with Crippen molar-refractivity contribution in [1.29, 1.82) is 5.26 Å². The molecule has 3 rings (SSSR count). The van der Waals surface area contributed by atoms with Crippen molar-refractivity contribution in [3.8, 4) is 6.07 Å². The van der Waals surface area contributed by atoms with E-state index in [4.69, 9.17) is 23.2 Å². The summed E-state index contributed by atoms with van der Waals surface area (Å²) in [5.41, 5.74) is -0.690. The van der Waals surface area contributed by atoms with Crippen LogP contribution in [-0.2, 0) is 9.84 Å². The summed E-state index contributed by atoms with van der Waals surface area (Å²) in [6.07, 6.45) is 0. The standard InChI is InChI=1S/C17H13Cl2NO3S/c18-12-3-1-11(2-4-12)15-16(17(15,9-20)10-21)24(22,23)14-7-5-13(19)6-8-14/h1-8,15-16,21H,10H2/t15-,16-,17+/m0/s1. The van der Waals surface area contributed by atoms with Crippen LogP contribution in [0.5, 0.6) is 0 Å². The number of halogens is 2. The first kappa shape index (κ1) is 17.2. The highest BCUT2D eigenvalue weighted by Crippen LogP contribution is 2.63. The predicted molar refractivity (Wildman–Crippen MR) is 91.8 cm³/mol. The number of benzene rings is 2. The van der Waals surface area contributed by atoms with Gasteiger partial charge in [0.25, 0.3) is 0 Å². The lowest BCUT2D eigenvalue weighted by Crippen LogP contribution is -2.18. The van der Waals surface area contributed by atoms with E-state index in [0.717, 1.165) is 0 Å². The van der Waals surface area contributed by atoms with Crippen molar-refractivity contribution in [3.63, 3.8) is 0 Å². The van der Waals surface area contributed by atoms with Crippen LogP contribution in [0.4, 0.5) is 0 Å². The van der Waals surface area contributed by atoms with Crippen molar-refractivity contribution in [3.05, 3.63) is 64.1 Å². The number of nitriles is 1. The van der Waals surface area contributed by atoms with Crippen molar-refractivity contribution >= 4 is 33.0 Å². The molecule has 1 aliphatic carbocycles. The lowest BCUT2D eigenvalue weighted by Gasteiger charge is -2.06. The molecule has 7 heteroatoms. The number of hydrogen-bond acceptors (Lipinski definition) is 4. The van der Waals surface area contributed by atoms with E-state index in [1.807, 2.05) is 6.07 Å². The Hall–Kier alpha value is -1.58. The van der Waals surface area contributed by atoms with Gasteiger partial charge in [-0.05, 0) is 42.0 Å². The Bertz CT molecular complexity index is 904. The molecule has 0 amide bonds. The van der Waals surface area contributed by atoms with Crippen LogP contribution in [0.15, 0.2) is 53.4 Å². The molecule has 0 aromatic heterocycles. The van der Waals surface area contributed by atoms with E-state index >= 15 is 0 Å². The molecule has 1 fully saturated rings. The van der Waals surface area contributed by atoms with Gasteiger partial charge < -0.3 is 5.11 Å². The molecular weight excluding hydrogens is 369 g/mol. The molecule has 0 heterocycles. The molecule has 4 nitrogen and oxygen atoms in total. The van der Waals surface area contributed by atoms with Crippen molar-refractivity contribution in [2.24, 2.45) is 5.41 Å². The summed E-state index contributed by atoms with van der Waals surface area (Å²) in [7, 11) is -3.80. The minimum Gasteiger partial charge on any atom is -0.395 e. The van der Waals surface area contributed by atoms with Gasteiger partial charge in [0, 0.05) is 16.0 Å². The first-order valence-electron chi connectivity index (χ1n) is 7.14. The predicted octanol–water partition coefficient (Wildman–Crippen LogP) is 3.44. The summed E-state index contributed by atoms with van der Waals surface area (Å²) >= 11 is 11.7. The largest absolute Gasteiger partial charge is 0.395 e. The zero-order valence-electron chi connectivity index (χ0n) is 12.4. The van der Waals surface area contributed by atoms with Crippen LogP contribution in [0, 0.1) is 16.7 Å². The second kappa shape index (κ2) is 6.05. The summed E-state index contributed by atoms with van der Waals surface area (Å²) in [5, 5.41) is 19.2. The summed E-state index contributed by atoms with van der Waals surface area (Å²) < 4.78 is 25.9. The van der Waals surface area contributed by atoms with Crippen LogP contribution in [0.2, 0.25) is 10.0 Å². The molecule has 3 atom stereocenters. The van der Waals surface area contributed by atoms with E-state index in [2.05, 4.69) is 0 Å². The van der Waals surface area contributed by atoms with Crippen LogP contribution in [0.25, 0.3) is 0 Å². The second-order valence-electron chi connectivity index (χ2n) is 5.76. The third-order valence-electron chi connectivity index (χ3n) is 4.43. The number of nitrogens with zero attached hydrogens (tertiary/aromatic N) is 1. The van der Waals surface area contributed by atoms with E-state index in [9.17, 15) is 18.8 Å². The number of rotatable bonds is 4. The SMILES string of the molecule is N#C[C@@]1(CO)[C@@H](c2ccc(Cl)cc2)[C@@H]1S(=O)(=O)c1ccc(Cl)cc1. The summed E-state index contributed by atoms with van der Waals surface area (Å²) in [5.74, 6) is -0.606. The average molecular weight is 382 g/mol. The number of hydrogen-bond donors (Lipinski definition) is 1. The molecule has 0 radical (unpaired) electrons. The molecule has 2 aromatic carbocycles. The maximum atomic E-state index is 13.0. The molecule has 0 unspecified atom stereocenters. The zero-order valence-corrected chi connectivity index (χ0v) is 14.7. The highest BCUT2D eigenvalue weighted by Gasteiger charge is 2.72. The van der Waals surface area contributed by atoms with Gasteiger partial charge in [-0.3, -0.25) is 0 Å². The normalized spacial score (nSPS) is 25.9. The molecular formula is C17H13Cl2NO3S. The Kier molecular flexibility index (Phi) is 4.35. The van der Waals surface area contributed by atoms with E-state index in [1.54, 1.807) is 24.3 Å². The van der Waals surface area contributed by atoms with Crippen LogP contribution >= 0.6 is 23.2 Å². The highest BCUT2D eigenvalue weighted by atomic mass is 35.5. The number of aliphatic hydroxyl groups excluding tert-OH is 1. The van der Waals surface area contributed by atoms with E-state index in [-0.39, 0.29) is 4.90 Å². The van der Waals surface area contributed by atoms with E-state index < -0.39 is 33.0 Å². The molecule has 0 spiro atoms. The van der Waals surface area contributed by atoms with Crippen molar-refractivity contribution in [1.82, 2.24) is 0 Å². The average Bonchev–Trinajstić information content (AvgIpc) is 3.26. The fourth-order valence-corrected chi connectivity index (χ4v) is 5.70. The molecule has 0 saturated heterocycles. The lowest BCUT2D eigenvalue weighted by molar-refractivity contribution is 0.242. The molecule has 1 aliphatic rings. The first-order valence-corrected chi connectivity index (χ1v) is 9.44. The van der Waals surface area contributed by atoms with Gasteiger partial charge in [0.1, 0.15) is 5.41 Å². The molecule has 124 valence electrons. The number of sulfone groups is 1. The summed E-state index contributed by atoms with van der Waals surface area (Å²) in [6.45, 7) is -0.533. The van der Waals surface area contributed by atoms with Crippen LogP contribution < -0.4 is 0 Å². The summed E-state index contributed by atoms with van der Waals surface area (Å²) in [4.78, 5) is 0.0847. The maximum absolute atomic E-state index is 13.0. The first-order chi connectivity index (χ1) is 11.4. The Labute approximate surface area is 150 Å². The minimum atomic E-state index is -3.80. The van der Waals surface area contributed by atoms with Crippen LogP contribution in [0.1, 0.15) is 11.5 Å². The van der Waals surface area contributed by atoms with E-state index in [0.29, 0.717) is 15.6 Å². The monoisotopic (exact) mass is 381 g/mol. The van der Waals surface area contributed by atoms with Gasteiger partial charge in [-0.25, -0.2) is 8.42 Å². The second-order valence-corrected chi connectivity index (χ2v) is 8.70. The van der Waals surface area contributed by atoms with Crippen LogP contribution in [0.3, 0.4) is 0 Å². The third-order valence-corrected chi connectivity index (χ3v) is 7.23. The third kappa shape index (κ3) is 2.60. The van der Waals surface area contributed by atoms with E-state index in [1.165, 1.54) is 24.3 Å². The molecule has 0 aliphatic heterocycles. The van der Waals surface area contributed by atoms with Gasteiger partial charge >= 0.3 is 0 Å². The van der Waals surface area contributed by atoms with Gasteiger partial charge in [-0.2, -0.15) is 5.26 Å². The molecule has 24 heavy (non-hydrogen) atoms. The van der Waals surface area contributed by atoms with Gasteiger partial charge in [-0.15, -0.1) is 0 Å².